The maximum absolute atomic E-state index is 12.8. The fourth-order valence-electron chi connectivity index (χ4n) is 1.97. The van der Waals surface area contributed by atoms with Gasteiger partial charge in [-0.05, 0) is 30.5 Å². The second kappa shape index (κ2) is 8.20. The van der Waals surface area contributed by atoms with Crippen molar-refractivity contribution < 1.29 is 4.39 Å². The van der Waals surface area contributed by atoms with Crippen LogP contribution >= 0.6 is 0 Å². The van der Waals surface area contributed by atoms with Gasteiger partial charge in [-0.15, -0.1) is 0 Å². The van der Waals surface area contributed by atoms with Crippen LogP contribution in [0.5, 0.6) is 0 Å². The predicted molar refractivity (Wildman–Crippen MR) is 70.0 cm³/mol. The van der Waals surface area contributed by atoms with Crippen LogP contribution in [0.25, 0.3) is 0 Å². The molecule has 0 amide bonds. The highest BCUT2D eigenvalue weighted by Crippen LogP contribution is 2.11. The summed E-state index contributed by atoms with van der Waals surface area (Å²) < 4.78 is 12.8. The van der Waals surface area contributed by atoms with Crippen LogP contribution in [0.3, 0.4) is 0 Å². The maximum atomic E-state index is 12.8. The minimum Gasteiger partial charge on any atom is -0.271 e. The highest BCUT2D eigenvalue weighted by molar-refractivity contribution is 5.17. The normalized spacial score (nSPS) is 12.6. The zero-order valence-corrected chi connectivity index (χ0v) is 10.6. The number of nitrogens with one attached hydrogen (secondary N) is 1. The van der Waals surface area contributed by atoms with E-state index >= 15 is 0 Å². The third-order valence-electron chi connectivity index (χ3n) is 3.04. The first-order valence-corrected chi connectivity index (χ1v) is 6.46. The van der Waals surface area contributed by atoms with Crippen LogP contribution in [-0.2, 0) is 6.42 Å². The molecule has 0 aliphatic rings. The summed E-state index contributed by atoms with van der Waals surface area (Å²) in [6, 6.07) is 6.94. The Morgan fingerprint density at radius 2 is 1.88 bits per heavy atom. The Morgan fingerprint density at radius 1 is 1.18 bits per heavy atom. The molecule has 3 N–H and O–H groups in total. The summed E-state index contributed by atoms with van der Waals surface area (Å²) in [5, 5.41) is 0. The Morgan fingerprint density at radius 3 is 2.47 bits per heavy atom. The summed E-state index contributed by atoms with van der Waals surface area (Å²) in [6.07, 6.45) is 6.94. The van der Waals surface area contributed by atoms with Crippen LogP contribution in [0, 0.1) is 5.82 Å². The summed E-state index contributed by atoms with van der Waals surface area (Å²) in [5.41, 5.74) is 3.98. The molecular formula is C14H23FN2. The van der Waals surface area contributed by atoms with Crippen molar-refractivity contribution in [2.45, 2.75) is 51.5 Å². The second-order valence-corrected chi connectivity index (χ2v) is 4.54. The molecule has 0 fully saturated rings. The average Bonchev–Trinajstić information content (AvgIpc) is 2.35. The van der Waals surface area contributed by atoms with E-state index in [1.807, 2.05) is 12.1 Å². The predicted octanol–water partition coefficient (Wildman–Crippen LogP) is 3.17. The van der Waals surface area contributed by atoms with Gasteiger partial charge in [0.05, 0.1) is 0 Å². The van der Waals surface area contributed by atoms with Crippen molar-refractivity contribution >= 4 is 0 Å². The Hall–Kier alpha value is -0.930. The lowest BCUT2D eigenvalue weighted by Gasteiger charge is -2.15. The largest absolute Gasteiger partial charge is 0.271 e. The van der Waals surface area contributed by atoms with Crippen LogP contribution in [0.2, 0.25) is 0 Å². The Bertz CT molecular complexity index is 298. The third-order valence-corrected chi connectivity index (χ3v) is 3.04. The first kappa shape index (κ1) is 14.1. The quantitative estimate of drug-likeness (QED) is 0.415. The Balaban J connectivity index is 2.33. The van der Waals surface area contributed by atoms with E-state index < -0.39 is 0 Å². The van der Waals surface area contributed by atoms with Gasteiger partial charge in [0.2, 0.25) is 0 Å². The molecule has 3 heteroatoms. The minimum atomic E-state index is -0.186. The van der Waals surface area contributed by atoms with Crippen LogP contribution in [0.15, 0.2) is 24.3 Å². The van der Waals surface area contributed by atoms with E-state index in [2.05, 4.69) is 12.3 Å². The van der Waals surface area contributed by atoms with E-state index in [0.717, 1.165) is 18.4 Å². The third kappa shape index (κ3) is 5.80. The van der Waals surface area contributed by atoms with Gasteiger partial charge in [0, 0.05) is 6.04 Å². The van der Waals surface area contributed by atoms with E-state index in [-0.39, 0.29) is 11.9 Å². The van der Waals surface area contributed by atoms with E-state index in [1.54, 1.807) is 0 Å². The molecule has 0 saturated heterocycles. The Kier molecular flexibility index (Phi) is 6.82. The summed E-state index contributed by atoms with van der Waals surface area (Å²) in [4.78, 5) is 0. The number of unbranched alkanes of at least 4 members (excludes halogenated alkanes) is 3. The molecule has 0 aromatic heterocycles. The van der Waals surface area contributed by atoms with Gasteiger partial charge < -0.3 is 0 Å². The summed E-state index contributed by atoms with van der Waals surface area (Å²) in [7, 11) is 0. The molecule has 1 unspecified atom stereocenters. The highest BCUT2D eigenvalue weighted by Gasteiger charge is 2.07. The highest BCUT2D eigenvalue weighted by atomic mass is 19.1. The van der Waals surface area contributed by atoms with Gasteiger partial charge in [-0.1, -0.05) is 44.7 Å². The molecule has 1 aromatic carbocycles. The van der Waals surface area contributed by atoms with Gasteiger partial charge in [0.15, 0.2) is 0 Å². The standard InChI is InChI=1S/C14H23FN2/c1-2-3-4-5-6-14(17-16)11-12-7-9-13(15)10-8-12/h7-10,14,17H,2-6,11,16H2,1H3. The molecule has 0 aliphatic carbocycles. The van der Waals surface area contributed by atoms with Crippen LogP contribution in [-0.4, -0.2) is 6.04 Å². The van der Waals surface area contributed by atoms with Crippen molar-refractivity contribution in [1.82, 2.24) is 5.43 Å². The second-order valence-electron chi connectivity index (χ2n) is 4.54. The number of nitrogens with two attached hydrogens (primary N) is 1. The molecule has 0 saturated carbocycles. The lowest BCUT2D eigenvalue weighted by atomic mass is 10.0. The number of benzene rings is 1. The molecule has 0 radical (unpaired) electrons. The monoisotopic (exact) mass is 238 g/mol. The number of hydrazine groups is 1. The van der Waals surface area contributed by atoms with Gasteiger partial charge in [-0.3, -0.25) is 11.3 Å². The molecule has 0 aliphatic heterocycles. The maximum Gasteiger partial charge on any atom is 0.123 e. The lowest BCUT2D eigenvalue weighted by molar-refractivity contribution is 0.463. The molecule has 0 heterocycles. The van der Waals surface area contributed by atoms with Gasteiger partial charge in [0.25, 0.3) is 0 Å². The van der Waals surface area contributed by atoms with E-state index in [9.17, 15) is 4.39 Å². The van der Waals surface area contributed by atoms with Crippen molar-refractivity contribution in [2.24, 2.45) is 5.84 Å². The molecule has 17 heavy (non-hydrogen) atoms. The molecule has 1 aromatic rings. The van der Waals surface area contributed by atoms with Crippen molar-refractivity contribution in [2.75, 3.05) is 0 Å². The van der Waals surface area contributed by atoms with Gasteiger partial charge in [0.1, 0.15) is 5.82 Å². The van der Waals surface area contributed by atoms with Crippen LogP contribution < -0.4 is 11.3 Å². The first-order valence-electron chi connectivity index (χ1n) is 6.46. The van der Waals surface area contributed by atoms with Gasteiger partial charge in [-0.25, -0.2) is 4.39 Å². The number of hydrogen-bond donors (Lipinski definition) is 2. The number of rotatable bonds is 8. The average molecular weight is 238 g/mol. The van der Waals surface area contributed by atoms with Crippen molar-refractivity contribution in [1.29, 1.82) is 0 Å². The minimum absolute atomic E-state index is 0.186. The smallest absolute Gasteiger partial charge is 0.123 e. The molecule has 1 rings (SSSR count). The molecule has 2 nitrogen and oxygen atoms in total. The SMILES string of the molecule is CCCCCCC(Cc1ccc(F)cc1)NN. The number of halogens is 1. The molecule has 0 bridgehead atoms. The fraction of sp³-hybridized carbons (Fsp3) is 0.571. The van der Waals surface area contributed by atoms with E-state index in [4.69, 9.17) is 5.84 Å². The first-order chi connectivity index (χ1) is 8.26. The zero-order chi connectivity index (χ0) is 12.5. The van der Waals surface area contributed by atoms with Gasteiger partial charge in [-0.2, -0.15) is 0 Å². The van der Waals surface area contributed by atoms with E-state index in [0.29, 0.717) is 0 Å². The van der Waals surface area contributed by atoms with Crippen molar-refractivity contribution in [3.8, 4) is 0 Å². The molecule has 0 spiro atoms. The zero-order valence-electron chi connectivity index (χ0n) is 10.6. The van der Waals surface area contributed by atoms with Crippen molar-refractivity contribution in [3.05, 3.63) is 35.6 Å². The lowest BCUT2D eigenvalue weighted by Crippen LogP contribution is -2.36. The Labute approximate surface area is 103 Å². The summed E-state index contributed by atoms with van der Waals surface area (Å²) >= 11 is 0. The topological polar surface area (TPSA) is 38.0 Å². The van der Waals surface area contributed by atoms with Gasteiger partial charge >= 0.3 is 0 Å². The molecular weight excluding hydrogens is 215 g/mol. The molecule has 1 atom stereocenters. The summed E-state index contributed by atoms with van der Waals surface area (Å²) in [6.45, 7) is 2.21. The van der Waals surface area contributed by atoms with E-state index in [1.165, 1.54) is 37.8 Å². The van der Waals surface area contributed by atoms with Crippen LogP contribution in [0.1, 0.15) is 44.6 Å². The molecule has 96 valence electrons. The van der Waals surface area contributed by atoms with Crippen molar-refractivity contribution in [3.63, 3.8) is 0 Å². The summed E-state index contributed by atoms with van der Waals surface area (Å²) in [5.74, 6) is 5.36. The van der Waals surface area contributed by atoms with Crippen LogP contribution in [0.4, 0.5) is 4.39 Å². The fourth-order valence-corrected chi connectivity index (χ4v) is 1.97. The number of hydrogen-bond acceptors (Lipinski definition) is 2.